The van der Waals surface area contributed by atoms with Gasteiger partial charge in [-0.15, -0.1) is 0 Å². The fourth-order valence-corrected chi connectivity index (χ4v) is 2.51. The molecule has 1 atom stereocenters. The molecule has 2 rings (SSSR count). The molecule has 112 valence electrons. The van der Waals surface area contributed by atoms with Crippen LogP contribution in [0.1, 0.15) is 31.0 Å². The van der Waals surface area contributed by atoms with Gasteiger partial charge in [-0.25, -0.2) is 0 Å². The second-order valence-corrected chi connectivity index (χ2v) is 5.67. The number of hydrogen-bond donors (Lipinski definition) is 1. The first-order chi connectivity index (χ1) is 10.0. The molecule has 0 radical (unpaired) electrons. The van der Waals surface area contributed by atoms with Crippen LogP contribution in [0, 0.1) is 0 Å². The minimum Gasteiger partial charge on any atom is -0.497 e. The predicted molar refractivity (Wildman–Crippen MR) is 85.9 cm³/mol. The summed E-state index contributed by atoms with van der Waals surface area (Å²) in [6, 6.07) is 15.9. The first-order valence-corrected chi connectivity index (χ1v) is 7.03. The van der Waals surface area contributed by atoms with Crippen LogP contribution in [0.25, 0.3) is 0 Å². The van der Waals surface area contributed by atoms with Crippen LogP contribution in [0.15, 0.2) is 48.5 Å². The molecule has 0 saturated carbocycles. The zero-order valence-corrected chi connectivity index (χ0v) is 13.1. The molecule has 1 unspecified atom stereocenters. The van der Waals surface area contributed by atoms with Crippen LogP contribution in [0.4, 0.5) is 0 Å². The molecule has 2 N–H and O–H groups in total. The lowest BCUT2D eigenvalue weighted by molar-refractivity contribution is 0.368. The van der Waals surface area contributed by atoms with Gasteiger partial charge in [0.25, 0.3) is 0 Å². The standard InChI is InChI=1S/C18H23NO2/c1-18(2,13-8-6-5-7-9-13)17(19)15-11-10-14(20-3)12-16(15)21-4/h5-12,17H,19H2,1-4H3. The highest BCUT2D eigenvalue weighted by atomic mass is 16.5. The van der Waals surface area contributed by atoms with Crippen molar-refractivity contribution in [2.45, 2.75) is 25.3 Å². The lowest BCUT2D eigenvalue weighted by atomic mass is 9.75. The van der Waals surface area contributed by atoms with Gasteiger partial charge in [0.2, 0.25) is 0 Å². The number of rotatable bonds is 5. The molecule has 0 heterocycles. The molecule has 0 bridgehead atoms. The Morgan fingerprint density at radius 1 is 0.952 bits per heavy atom. The monoisotopic (exact) mass is 285 g/mol. The molecule has 0 aliphatic heterocycles. The zero-order valence-electron chi connectivity index (χ0n) is 13.1. The smallest absolute Gasteiger partial charge is 0.127 e. The van der Waals surface area contributed by atoms with Crippen LogP contribution in [0.5, 0.6) is 11.5 Å². The Morgan fingerprint density at radius 2 is 1.62 bits per heavy atom. The summed E-state index contributed by atoms with van der Waals surface area (Å²) in [4.78, 5) is 0. The van der Waals surface area contributed by atoms with Crippen molar-refractivity contribution < 1.29 is 9.47 Å². The molecule has 3 heteroatoms. The van der Waals surface area contributed by atoms with Crippen LogP contribution >= 0.6 is 0 Å². The Balaban J connectivity index is 2.41. The molecular formula is C18H23NO2. The van der Waals surface area contributed by atoms with E-state index in [-0.39, 0.29) is 11.5 Å². The second-order valence-electron chi connectivity index (χ2n) is 5.67. The maximum atomic E-state index is 6.55. The molecule has 0 fully saturated rings. The number of nitrogens with two attached hydrogens (primary N) is 1. The van der Waals surface area contributed by atoms with E-state index in [2.05, 4.69) is 26.0 Å². The third-order valence-electron chi connectivity index (χ3n) is 4.07. The molecular weight excluding hydrogens is 262 g/mol. The SMILES string of the molecule is COc1ccc(C(N)C(C)(C)c2ccccc2)c(OC)c1. The van der Waals surface area contributed by atoms with E-state index in [0.29, 0.717) is 0 Å². The average molecular weight is 285 g/mol. The van der Waals surface area contributed by atoms with E-state index >= 15 is 0 Å². The summed E-state index contributed by atoms with van der Waals surface area (Å²) in [7, 11) is 3.29. The summed E-state index contributed by atoms with van der Waals surface area (Å²) in [5, 5.41) is 0. The molecule has 2 aromatic carbocycles. The Kier molecular flexibility index (Phi) is 4.53. The molecule has 0 spiro atoms. The number of ether oxygens (including phenoxy) is 2. The van der Waals surface area contributed by atoms with Crippen molar-refractivity contribution >= 4 is 0 Å². The lowest BCUT2D eigenvalue weighted by Gasteiger charge is -2.33. The van der Waals surface area contributed by atoms with Gasteiger partial charge in [-0.1, -0.05) is 50.2 Å². The van der Waals surface area contributed by atoms with Crippen molar-refractivity contribution in [2.75, 3.05) is 14.2 Å². The number of hydrogen-bond acceptors (Lipinski definition) is 3. The molecule has 0 saturated heterocycles. The fraction of sp³-hybridized carbons (Fsp3) is 0.333. The minimum atomic E-state index is -0.205. The van der Waals surface area contributed by atoms with Crippen molar-refractivity contribution in [1.29, 1.82) is 0 Å². The quantitative estimate of drug-likeness (QED) is 0.911. The van der Waals surface area contributed by atoms with Gasteiger partial charge >= 0.3 is 0 Å². The maximum absolute atomic E-state index is 6.55. The van der Waals surface area contributed by atoms with E-state index in [0.717, 1.165) is 17.1 Å². The van der Waals surface area contributed by atoms with Crippen LogP contribution < -0.4 is 15.2 Å². The first kappa shape index (κ1) is 15.4. The van der Waals surface area contributed by atoms with E-state index in [1.54, 1.807) is 14.2 Å². The maximum Gasteiger partial charge on any atom is 0.127 e. The van der Waals surface area contributed by atoms with E-state index < -0.39 is 0 Å². The highest BCUT2D eigenvalue weighted by molar-refractivity contribution is 5.45. The third-order valence-corrected chi connectivity index (χ3v) is 4.07. The van der Waals surface area contributed by atoms with Crippen LogP contribution in [-0.4, -0.2) is 14.2 Å². The highest BCUT2D eigenvalue weighted by Gasteiger charge is 2.31. The lowest BCUT2D eigenvalue weighted by Crippen LogP contribution is -2.33. The molecule has 0 amide bonds. The Morgan fingerprint density at radius 3 is 2.19 bits per heavy atom. The summed E-state index contributed by atoms with van der Waals surface area (Å²) in [5.74, 6) is 1.52. The Hall–Kier alpha value is -2.00. The predicted octanol–water partition coefficient (Wildman–Crippen LogP) is 3.68. The molecule has 21 heavy (non-hydrogen) atoms. The topological polar surface area (TPSA) is 44.5 Å². The van der Waals surface area contributed by atoms with Crippen molar-refractivity contribution in [3.8, 4) is 11.5 Å². The van der Waals surface area contributed by atoms with Crippen LogP contribution in [0.2, 0.25) is 0 Å². The van der Waals surface area contributed by atoms with Gasteiger partial charge in [0.1, 0.15) is 11.5 Å². The largest absolute Gasteiger partial charge is 0.497 e. The van der Waals surface area contributed by atoms with Gasteiger partial charge in [-0.3, -0.25) is 0 Å². The van der Waals surface area contributed by atoms with Gasteiger partial charge in [0, 0.05) is 23.1 Å². The van der Waals surface area contributed by atoms with Crippen molar-refractivity contribution in [2.24, 2.45) is 5.73 Å². The Bertz CT molecular complexity index is 593. The molecule has 0 aromatic heterocycles. The molecule has 0 aliphatic carbocycles. The van der Waals surface area contributed by atoms with Crippen LogP contribution in [-0.2, 0) is 5.41 Å². The fourth-order valence-electron chi connectivity index (χ4n) is 2.51. The Labute approximate surface area is 126 Å². The van der Waals surface area contributed by atoms with E-state index in [4.69, 9.17) is 15.2 Å². The summed E-state index contributed by atoms with van der Waals surface area (Å²) < 4.78 is 10.7. The summed E-state index contributed by atoms with van der Waals surface area (Å²) >= 11 is 0. The van der Waals surface area contributed by atoms with E-state index in [1.165, 1.54) is 5.56 Å². The van der Waals surface area contributed by atoms with Crippen molar-refractivity contribution in [3.05, 3.63) is 59.7 Å². The van der Waals surface area contributed by atoms with Gasteiger partial charge in [-0.2, -0.15) is 0 Å². The summed E-state index contributed by atoms with van der Waals surface area (Å²) in [6.45, 7) is 4.30. The van der Waals surface area contributed by atoms with Crippen molar-refractivity contribution in [1.82, 2.24) is 0 Å². The molecule has 2 aromatic rings. The van der Waals surface area contributed by atoms with Crippen LogP contribution in [0.3, 0.4) is 0 Å². The van der Waals surface area contributed by atoms with E-state index in [9.17, 15) is 0 Å². The number of methoxy groups -OCH3 is 2. The summed E-state index contributed by atoms with van der Waals surface area (Å²) in [5.41, 5.74) is 8.53. The zero-order chi connectivity index (χ0) is 15.5. The summed E-state index contributed by atoms with van der Waals surface area (Å²) in [6.07, 6.45) is 0. The van der Waals surface area contributed by atoms with Gasteiger partial charge in [0.15, 0.2) is 0 Å². The highest BCUT2D eigenvalue weighted by Crippen LogP contribution is 2.39. The van der Waals surface area contributed by atoms with Gasteiger partial charge in [-0.05, 0) is 11.6 Å². The average Bonchev–Trinajstić information content (AvgIpc) is 2.54. The molecule has 3 nitrogen and oxygen atoms in total. The van der Waals surface area contributed by atoms with E-state index in [1.807, 2.05) is 36.4 Å². The normalized spacial score (nSPS) is 12.8. The second kappa shape index (κ2) is 6.19. The molecule has 0 aliphatic rings. The minimum absolute atomic E-state index is 0.180. The van der Waals surface area contributed by atoms with Gasteiger partial charge in [0.05, 0.1) is 14.2 Å². The number of benzene rings is 2. The first-order valence-electron chi connectivity index (χ1n) is 7.03. The van der Waals surface area contributed by atoms with Crippen molar-refractivity contribution in [3.63, 3.8) is 0 Å². The van der Waals surface area contributed by atoms with Gasteiger partial charge < -0.3 is 15.2 Å². The third kappa shape index (κ3) is 3.03.